The van der Waals surface area contributed by atoms with Crippen molar-refractivity contribution in [2.75, 3.05) is 26.3 Å². The molecule has 0 aromatic heterocycles. The van der Waals surface area contributed by atoms with Crippen molar-refractivity contribution in [3.05, 3.63) is 0 Å². The third kappa shape index (κ3) is 1.44. The lowest BCUT2D eigenvalue weighted by Crippen LogP contribution is -2.61. The molecule has 0 bridgehead atoms. The van der Waals surface area contributed by atoms with Crippen LogP contribution in [0.2, 0.25) is 0 Å². The molecular formula is C8H13N3O4. The van der Waals surface area contributed by atoms with Gasteiger partial charge >= 0.3 is 0 Å². The predicted octanol–water partition coefficient (Wildman–Crippen LogP) is -1.44. The van der Waals surface area contributed by atoms with Crippen LogP contribution in [0.5, 0.6) is 0 Å². The summed E-state index contributed by atoms with van der Waals surface area (Å²) in [7, 11) is 0. The normalized spacial score (nSPS) is 44.8. The largest absolute Gasteiger partial charge is 0.358 e. The van der Waals surface area contributed by atoms with Gasteiger partial charge in [-0.25, -0.2) is 4.99 Å². The van der Waals surface area contributed by atoms with E-state index in [1.807, 2.05) is 0 Å². The lowest BCUT2D eigenvalue weighted by Gasteiger charge is -2.32. The lowest BCUT2D eigenvalue weighted by molar-refractivity contribution is -0.358. The zero-order valence-electron chi connectivity index (χ0n) is 8.14. The van der Waals surface area contributed by atoms with Crippen LogP contribution in [-0.4, -0.2) is 50.6 Å². The summed E-state index contributed by atoms with van der Waals surface area (Å²) < 4.78 is 11.1. The molecule has 3 rings (SSSR count). The highest BCUT2D eigenvalue weighted by molar-refractivity contribution is 5.71. The van der Waals surface area contributed by atoms with Crippen molar-refractivity contribution in [3.8, 4) is 0 Å². The van der Waals surface area contributed by atoms with Crippen LogP contribution in [0.3, 0.4) is 0 Å². The molecule has 84 valence electrons. The van der Waals surface area contributed by atoms with Gasteiger partial charge in [0.15, 0.2) is 12.5 Å². The van der Waals surface area contributed by atoms with Crippen molar-refractivity contribution >= 4 is 6.21 Å². The maximum atomic E-state index is 5.53. The molecule has 0 aromatic carbocycles. The van der Waals surface area contributed by atoms with Crippen LogP contribution in [-0.2, 0) is 19.3 Å². The van der Waals surface area contributed by atoms with Crippen LogP contribution < -0.4 is 10.6 Å². The van der Waals surface area contributed by atoms with Crippen LogP contribution >= 0.6 is 0 Å². The molecule has 0 aliphatic carbocycles. The summed E-state index contributed by atoms with van der Waals surface area (Å²) >= 11 is 0. The summed E-state index contributed by atoms with van der Waals surface area (Å²) in [6.07, 6.45) is 0.998. The van der Waals surface area contributed by atoms with Crippen LogP contribution in [0.15, 0.2) is 5.16 Å². The lowest BCUT2D eigenvalue weighted by atomic mass is 10.0. The Labute approximate surface area is 86.6 Å². The highest BCUT2D eigenvalue weighted by Gasteiger charge is 2.54. The Kier molecular flexibility index (Phi) is 2.33. The molecule has 2 saturated heterocycles. The first-order valence-electron chi connectivity index (χ1n) is 5.01. The van der Waals surface area contributed by atoms with E-state index in [1.165, 1.54) is 0 Å². The third-order valence-corrected chi connectivity index (χ3v) is 2.73. The Morgan fingerprint density at radius 1 is 1.13 bits per heavy atom. The summed E-state index contributed by atoms with van der Waals surface area (Å²) in [5.41, 5.74) is -0.826. The van der Waals surface area contributed by atoms with Crippen LogP contribution in [0.4, 0.5) is 0 Å². The van der Waals surface area contributed by atoms with E-state index in [4.69, 9.17) is 14.4 Å². The van der Waals surface area contributed by atoms with Crippen molar-refractivity contribution in [1.29, 1.82) is 0 Å². The molecule has 3 heterocycles. The zero-order valence-corrected chi connectivity index (χ0v) is 8.14. The summed E-state index contributed by atoms with van der Waals surface area (Å²) in [6, 6.07) is 0. The van der Waals surface area contributed by atoms with Gasteiger partial charge in [0.05, 0.1) is 19.4 Å². The van der Waals surface area contributed by atoms with Crippen molar-refractivity contribution in [1.82, 2.24) is 10.6 Å². The van der Waals surface area contributed by atoms with Crippen LogP contribution in [0.25, 0.3) is 0 Å². The number of rotatable bonds is 2. The Hall–Kier alpha value is -0.730. The molecule has 2 atom stereocenters. The van der Waals surface area contributed by atoms with Gasteiger partial charge in [-0.15, -0.1) is 4.89 Å². The quantitative estimate of drug-likeness (QED) is 0.550. The average molecular weight is 215 g/mol. The first-order chi connectivity index (χ1) is 7.42. The third-order valence-electron chi connectivity index (χ3n) is 2.73. The molecule has 0 radical (unpaired) electrons. The first kappa shape index (κ1) is 9.49. The minimum atomic E-state index is -0.826. The number of oxime groups is 1. The van der Waals surface area contributed by atoms with Gasteiger partial charge < -0.3 is 9.47 Å². The number of hydrogen-bond donors (Lipinski definition) is 2. The van der Waals surface area contributed by atoms with E-state index in [2.05, 4.69) is 20.8 Å². The Morgan fingerprint density at radius 2 is 1.80 bits per heavy atom. The van der Waals surface area contributed by atoms with Crippen molar-refractivity contribution in [2.24, 2.45) is 5.16 Å². The number of ether oxygens (including phenoxy) is 2. The van der Waals surface area contributed by atoms with E-state index in [9.17, 15) is 0 Å². The molecule has 3 aliphatic heterocycles. The molecule has 2 unspecified atom stereocenters. The molecule has 15 heavy (non-hydrogen) atoms. The van der Waals surface area contributed by atoms with Gasteiger partial charge in [0.2, 0.25) is 5.60 Å². The molecule has 3 aliphatic rings. The summed E-state index contributed by atoms with van der Waals surface area (Å²) in [5.74, 6) is 0. The number of nitrogens with one attached hydrogen (secondary N) is 2. The second-order valence-electron chi connectivity index (χ2n) is 3.66. The van der Waals surface area contributed by atoms with E-state index < -0.39 is 5.60 Å². The SMILES string of the molecule is C1=NOOC1(C1NCCO1)C1NCCO1. The smallest absolute Gasteiger partial charge is 0.234 e. The molecule has 0 amide bonds. The summed E-state index contributed by atoms with van der Waals surface area (Å²) in [6.45, 7) is 2.87. The summed E-state index contributed by atoms with van der Waals surface area (Å²) in [4.78, 5) is 9.83. The summed E-state index contributed by atoms with van der Waals surface area (Å²) in [5, 5.41) is 9.99. The Balaban J connectivity index is 1.83. The van der Waals surface area contributed by atoms with Gasteiger partial charge in [0.1, 0.15) is 0 Å². The molecular weight excluding hydrogens is 202 g/mol. The van der Waals surface area contributed by atoms with Crippen molar-refractivity contribution in [3.63, 3.8) is 0 Å². The second kappa shape index (κ2) is 3.69. The molecule has 7 nitrogen and oxygen atoms in total. The Morgan fingerprint density at radius 3 is 2.20 bits per heavy atom. The molecule has 0 aromatic rings. The predicted molar refractivity (Wildman–Crippen MR) is 48.9 cm³/mol. The van der Waals surface area contributed by atoms with Gasteiger partial charge in [-0.1, -0.05) is 5.16 Å². The van der Waals surface area contributed by atoms with Gasteiger partial charge in [-0.05, 0) is 0 Å². The minimum Gasteiger partial charge on any atom is -0.358 e. The van der Waals surface area contributed by atoms with Crippen LogP contribution in [0, 0.1) is 0 Å². The molecule has 2 N–H and O–H groups in total. The maximum Gasteiger partial charge on any atom is 0.234 e. The highest BCUT2D eigenvalue weighted by atomic mass is 17.3. The molecule has 0 spiro atoms. The zero-order chi connectivity index (χ0) is 10.1. The Bertz CT molecular complexity index is 245. The molecule has 0 saturated carbocycles. The van der Waals surface area contributed by atoms with Gasteiger partial charge in [-0.3, -0.25) is 10.6 Å². The number of hydrogen-bond acceptors (Lipinski definition) is 7. The van der Waals surface area contributed by atoms with E-state index in [-0.39, 0.29) is 12.5 Å². The molecule has 2 fully saturated rings. The van der Waals surface area contributed by atoms with E-state index in [0.717, 1.165) is 13.1 Å². The van der Waals surface area contributed by atoms with Gasteiger partial charge in [0.25, 0.3) is 0 Å². The fourth-order valence-corrected chi connectivity index (χ4v) is 2.00. The van der Waals surface area contributed by atoms with Crippen LogP contribution in [0.1, 0.15) is 0 Å². The average Bonchev–Trinajstić information content (AvgIpc) is 3.02. The fourth-order valence-electron chi connectivity index (χ4n) is 2.00. The highest BCUT2D eigenvalue weighted by Crippen LogP contribution is 2.28. The fraction of sp³-hybridized carbons (Fsp3) is 0.875. The topological polar surface area (TPSA) is 73.3 Å². The monoisotopic (exact) mass is 215 g/mol. The van der Waals surface area contributed by atoms with Gasteiger partial charge in [0, 0.05) is 13.1 Å². The standard InChI is InChI=1S/C8H13N3O4/c1-3-12-6(9-1)8(5-11-15-14-8)7-10-2-4-13-7/h5-7,9-10H,1-4H2. The molecule has 7 heteroatoms. The second-order valence-corrected chi connectivity index (χ2v) is 3.66. The minimum absolute atomic E-state index is 0.292. The van der Waals surface area contributed by atoms with E-state index in [1.54, 1.807) is 6.21 Å². The van der Waals surface area contributed by atoms with Gasteiger partial charge in [-0.2, -0.15) is 0 Å². The first-order valence-corrected chi connectivity index (χ1v) is 5.01. The maximum absolute atomic E-state index is 5.53. The van der Waals surface area contributed by atoms with Crippen molar-refractivity contribution < 1.29 is 19.3 Å². The number of nitrogens with zero attached hydrogens (tertiary/aromatic N) is 1. The van der Waals surface area contributed by atoms with E-state index >= 15 is 0 Å². The van der Waals surface area contributed by atoms with Crippen molar-refractivity contribution in [2.45, 2.75) is 18.1 Å². The van der Waals surface area contributed by atoms with E-state index in [0.29, 0.717) is 13.2 Å².